The van der Waals surface area contributed by atoms with Gasteiger partial charge < -0.3 is 5.11 Å². The summed E-state index contributed by atoms with van der Waals surface area (Å²) in [4.78, 5) is 14.4. The summed E-state index contributed by atoms with van der Waals surface area (Å²) < 4.78 is 23.9. The van der Waals surface area contributed by atoms with E-state index >= 15 is 0 Å². The minimum Gasteiger partial charge on any atom is -0.465 e. The van der Waals surface area contributed by atoms with Gasteiger partial charge in [-0.2, -0.15) is 0 Å². The number of allylic oxidation sites excluding steroid dienone is 1. The van der Waals surface area contributed by atoms with Gasteiger partial charge in [-0.15, -0.1) is 0 Å². The second kappa shape index (κ2) is 3.29. The van der Waals surface area contributed by atoms with Crippen LogP contribution in [0.3, 0.4) is 0 Å². The quantitative estimate of drug-likeness (QED) is 0.651. The second-order valence-corrected chi connectivity index (χ2v) is 2.10. The van der Waals surface area contributed by atoms with Crippen molar-refractivity contribution >= 4 is 12.3 Å². The van der Waals surface area contributed by atoms with Crippen LogP contribution in [0.25, 0.3) is 0 Å². The predicted molar refractivity (Wildman–Crippen MR) is 37.3 cm³/mol. The summed E-state index contributed by atoms with van der Waals surface area (Å²) in [7, 11) is 0. The number of hydrogen-bond acceptors (Lipinski definition) is 2. The van der Waals surface area contributed by atoms with E-state index in [1.807, 2.05) is 0 Å². The third-order valence-electron chi connectivity index (χ3n) is 1.28. The van der Waals surface area contributed by atoms with Crippen LogP contribution in [0.15, 0.2) is 16.9 Å². The Kier molecular flexibility index (Phi) is 2.37. The van der Waals surface area contributed by atoms with Gasteiger partial charge in [-0.25, -0.2) is 13.6 Å². The average Bonchev–Trinajstić information content (AvgIpc) is 2.04. The molecule has 0 aromatic rings. The lowest BCUT2D eigenvalue weighted by atomic mass is 10.4. The summed E-state index contributed by atoms with van der Waals surface area (Å²) >= 11 is 0. The van der Waals surface area contributed by atoms with E-state index in [1.165, 1.54) is 0 Å². The van der Waals surface area contributed by atoms with E-state index in [1.54, 1.807) is 0 Å². The van der Waals surface area contributed by atoms with Gasteiger partial charge in [0.05, 0.1) is 6.54 Å². The smallest absolute Gasteiger partial charge is 0.411 e. The van der Waals surface area contributed by atoms with Gasteiger partial charge in [-0.3, -0.25) is 9.89 Å². The topological polar surface area (TPSA) is 52.9 Å². The summed E-state index contributed by atoms with van der Waals surface area (Å²) in [6.07, 6.45) is -2.04. The van der Waals surface area contributed by atoms with Crippen LogP contribution in [0.4, 0.5) is 13.6 Å². The normalized spacial score (nSPS) is 16.6. The number of amides is 1. The van der Waals surface area contributed by atoms with E-state index in [2.05, 4.69) is 4.99 Å². The highest BCUT2D eigenvalue weighted by molar-refractivity contribution is 5.74. The third-order valence-corrected chi connectivity index (χ3v) is 1.28. The fraction of sp³-hybridized carbons (Fsp3) is 0.333. The first-order valence-electron chi connectivity index (χ1n) is 3.13. The number of nitrogens with zero attached hydrogens (tertiary/aromatic N) is 2. The average molecular weight is 176 g/mol. The molecule has 12 heavy (non-hydrogen) atoms. The van der Waals surface area contributed by atoms with E-state index in [0.29, 0.717) is 0 Å². The fourth-order valence-electron chi connectivity index (χ4n) is 0.726. The molecule has 1 N–H and O–H groups in total. The van der Waals surface area contributed by atoms with Gasteiger partial charge in [0.15, 0.2) is 0 Å². The summed E-state index contributed by atoms with van der Waals surface area (Å²) in [5, 5.41) is 8.41. The van der Waals surface area contributed by atoms with E-state index in [-0.39, 0.29) is 6.54 Å². The molecule has 0 unspecified atom stereocenters. The maximum Gasteiger partial charge on any atom is 0.411 e. The van der Waals surface area contributed by atoms with E-state index in [0.717, 1.165) is 17.3 Å². The molecule has 1 aliphatic heterocycles. The molecule has 0 aromatic heterocycles. The number of carboxylic acid groups (broad SMARTS) is 1. The monoisotopic (exact) mass is 176 g/mol. The van der Waals surface area contributed by atoms with E-state index in [4.69, 9.17) is 5.11 Å². The Labute approximate surface area is 66.8 Å². The molecule has 4 nitrogen and oxygen atoms in total. The van der Waals surface area contributed by atoms with Crippen molar-refractivity contribution in [1.82, 2.24) is 4.90 Å². The van der Waals surface area contributed by atoms with Gasteiger partial charge in [0, 0.05) is 12.4 Å². The molecule has 0 aromatic carbocycles. The van der Waals surface area contributed by atoms with Crippen LogP contribution in [0, 0.1) is 0 Å². The summed E-state index contributed by atoms with van der Waals surface area (Å²) in [6.45, 7) is 0.0194. The predicted octanol–water partition coefficient (Wildman–Crippen LogP) is 1.16. The van der Waals surface area contributed by atoms with Crippen LogP contribution in [0.5, 0.6) is 0 Å². The molecule has 0 atom stereocenters. The lowest BCUT2D eigenvalue weighted by molar-refractivity contribution is 0.161. The molecule has 0 radical (unpaired) electrons. The number of alkyl halides is 2. The van der Waals surface area contributed by atoms with Crippen molar-refractivity contribution in [2.45, 2.75) is 6.43 Å². The Morgan fingerprint density at radius 3 is 2.92 bits per heavy atom. The Morgan fingerprint density at radius 2 is 2.42 bits per heavy atom. The molecule has 1 amide bonds. The molecule has 6 heteroatoms. The minimum atomic E-state index is -2.73. The van der Waals surface area contributed by atoms with E-state index in [9.17, 15) is 13.6 Å². The Balaban J connectivity index is 2.75. The van der Waals surface area contributed by atoms with Crippen LogP contribution in [0.2, 0.25) is 0 Å². The molecule has 0 fully saturated rings. The van der Waals surface area contributed by atoms with E-state index < -0.39 is 18.2 Å². The van der Waals surface area contributed by atoms with Crippen molar-refractivity contribution in [3.8, 4) is 0 Å². The summed E-state index contributed by atoms with van der Waals surface area (Å²) in [6, 6.07) is 0. The zero-order valence-electron chi connectivity index (χ0n) is 5.94. The number of hydrogen-bond donors (Lipinski definition) is 1. The maximum atomic E-state index is 12.0. The molecule has 0 saturated heterocycles. The van der Waals surface area contributed by atoms with Gasteiger partial charge in [0.2, 0.25) is 0 Å². The number of rotatable bonds is 1. The van der Waals surface area contributed by atoms with Crippen LogP contribution in [-0.2, 0) is 0 Å². The third kappa shape index (κ3) is 1.77. The first-order valence-corrected chi connectivity index (χ1v) is 3.13. The molecular weight excluding hydrogens is 170 g/mol. The first-order chi connectivity index (χ1) is 5.61. The number of carbonyl (C=O) groups is 1. The highest BCUT2D eigenvalue weighted by Gasteiger charge is 2.17. The summed E-state index contributed by atoms with van der Waals surface area (Å²) in [5.41, 5.74) is -0.524. The molecule has 1 rings (SSSR count). The first kappa shape index (κ1) is 8.63. The number of halogens is 2. The molecule has 0 bridgehead atoms. The van der Waals surface area contributed by atoms with Gasteiger partial charge in [-0.1, -0.05) is 0 Å². The van der Waals surface area contributed by atoms with Crippen LogP contribution >= 0.6 is 0 Å². The van der Waals surface area contributed by atoms with Crippen molar-refractivity contribution in [3.05, 3.63) is 11.9 Å². The molecule has 1 heterocycles. The zero-order chi connectivity index (χ0) is 9.14. The fourth-order valence-corrected chi connectivity index (χ4v) is 0.726. The van der Waals surface area contributed by atoms with Crippen LogP contribution in [0.1, 0.15) is 0 Å². The van der Waals surface area contributed by atoms with Gasteiger partial charge >= 0.3 is 6.09 Å². The molecule has 0 saturated carbocycles. The second-order valence-electron chi connectivity index (χ2n) is 2.10. The molecule has 1 aliphatic rings. The van der Waals surface area contributed by atoms with Gasteiger partial charge in [0.1, 0.15) is 5.70 Å². The molecule has 66 valence electrons. The van der Waals surface area contributed by atoms with Crippen molar-refractivity contribution < 1.29 is 18.7 Å². The van der Waals surface area contributed by atoms with Crippen molar-refractivity contribution in [1.29, 1.82) is 0 Å². The lowest BCUT2D eigenvalue weighted by Crippen LogP contribution is -2.29. The van der Waals surface area contributed by atoms with Gasteiger partial charge in [-0.05, 0) is 0 Å². The lowest BCUT2D eigenvalue weighted by Gasteiger charge is -2.16. The van der Waals surface area contributed by atoms with Crippen molar-refractivity contribution in [2.75, 3.05) is 6.54 Å². The summed E-state index contributed by atoms with van der Waals surface area (Å²) in [5.74, 6) is 0. The maximum absolute atomic E-state index is 12.0. The molecule has 0 aliphatic carbocycles. The van der Waals surface area contributed by atoms with Crippen molar-refractivity contribution in [2.24, 2.45) is 4.99 Å². The molecule has 0 spiro atoms. The molecular formula is C6H6F2N2O2. The van der Waals surface area contributed by atoms with Gasteiger partial charge in [0.25, 0.3) is 6.43 Å². The SMILES string of the molecule is O=C(O)N1C=C(C(F)F)N=CC1. The Hall–Kier alpha value is -1.46. The largest absolute Gasteiger partial charge is 0.465 e. The highest BCUT2D eigenvalue weighted by atomic mass is 19.3. The highest BCUT2D eigenvalue weighted by Crippen LogP contribution is 2.13. The van der Waals surface area contributed by atoms with Crippen LogP contribution in [-0.4, -0.2) is 35.3 Å². The van der Waals surface area contributed by atoms with Crippen LogP contribution < -0.4 is 0 Å². The Bertz CT molecular complexity index is 250. The standard InChI is InChI=1S/C6H6F2N2O2/c7-5(8)4-3-10(6(11)12)2-1-9-4/h1,3,5H,2H2,(H,11,12). The minimum absolute atomic E-state index is 0.0194. The number of aliphatic imine (C=N–C) groups is 1. The Morgan fingerprint density at radius 1 is 1.75 bits per heavy atom. The van der Waals surface area contributed by atoms with Crippen molar-refractivity contribution in [3.63, 3.8) is 0 Å². The zero-order valence-corrected chi connectivity index (χ0v) is 5.94.